The molecular weight excluding hydrogens is 156 g/mol. The van der Waals surface area contributed by atoms with E-state index in [0.717, 1.165) is 0 Å². The Morgan fingerprint density at radius 1 is 1.42 bits per heavy atom. The smallest absolute Gasteiger partial charge is 0.313 e. The van der Waals surface area contributed by atoms with Gasteiger partial charge in [-0.15, -0.1) is 11.8 Å². The molecule has 0 fully saturated rings. The minimum atomic E-state index is -0.482. The molecule has 0 atom stereocenters. The monoisotopic (exact) mass is 168 g/mol. The van der Waals surface area contributed by atoms with Gasteiger partial charge in [0.05, 0.1) is 7.11 Å². The van der Waals surface area contributed by atoms with E-state index in [4.69, 9.17) is 0 Å². The lowest BCUT2D eigenvalue weighted by Gasteiger charge is -1.95. The molecule has 66 valence electrons. The van der Waals surface area contributed by atoms with Gasteiger partial charge in [-0.3, -0.25) is 9.59 Å². The maximum absolute atomic E-state index is 10.9. The fraction of sp³-hybridized carbons (Fsp3) is 0.556. The van der Waals surface area contributed by atoms with Gasteiger partial charge >= 0.3 is 5.97 Å². The van der Waals surface area contributed by atoms with Crippen LogP contribution in [0.1, 0.15) is 26.2 Å². The average molecular weight is 168 g/mol. The quantitative estimate of drug-likeness (QED) is 0.356. The normalized spacial score (nSPS) is 8.17. The lowest BCUT2D eigenvalue weighted by atomic mass is 10.2. The number of rotatable bonds is 4. The van der Waals surface area contributed by atoms with Crippen molar-refractivity contribution in [3.63, 3.8) is 0 Å². The van der Waals surface area contributed by atoms with Crippen LogP contribution in [0, 0.1) is 11.8 Å². The number of ketones is 1. The summed E-state index contributed by atoms with van der Waals surface area (Å²) in [5, 5.41) is 0. The third-order valence-corrected chi connectivity index (χ3v) is 1.27. The summed E-state index contributed by atoms with van der Waals surface area (Å²) in [5.74, 6) is 4.82. The fourth-order valence-electron chi connectivity index (χ4n) is 0.648. The van der Waals surface area contributed by atoms with Crippen LogP contribution in [-0.2, 0) is 14.3 Å². The van der Waals surface area contributed by atoms with Gasteiger partial charge in [-0.25, -0.2) is 0 Å². The van der Waals surface area contributed by atoms with Crippen molar-refractivity contribution in [2.24, 2.45) is 0 Å². The molecule has 0 heterocycles. The first kappa shape index (κ1) is 10.7. The van der Waals surface area contributed by atoms with Crippen LogP contribution >= 0.6 is 0 Å². The SMILES string of the molecule is CC#CCCC(=O)CC(=O)OC. The highest BCUT2D eigenvalue weighted by Gasteiger charge is 2.07. The zero-order chi connectivity index (χ0) is 9.40. The summed E-state index contributed by atoms with van der Waals surface area (Å²) >= 11 is 0. The Labute approximate surface area is 72.1 Å². The zero-order valence-electron chi connectivity index (χ0n) is 7.35. The molecule has 3 nitrogen and oxygen atoms in total. The van der Waals surface area contributed by atoms with Gasteiger partial charge in [-0.05, 0) is 6.92 Å². The van der Waals surface area contributed by atoms with Gasteiger partial charge in [0.1, 0.15) is 12.2 Å². The summed E-state index contributed by atoms with van der Waals surface area (Å²) in [5.41, 5.74) is 0. The van der Waals surface area contributed by atoms with E-state index in [0.29, 0.717) is 12.8 Å². The van der Waals surface area contributed by atoms with Crippen molar-refractivity contribution in [1.82, 2.24) is 0 Å². The Kier molecular flexibility index (Phi) is 5.72. The molecule has 0 N–H and O–H groups in total. The van der Waals surface area contributed by atoms with E-state index in [-0.39, 0.29) is 12.2 Å². The number of carbonyl (C=O) groups is 2. The van der Waals surface area contributed by atoms with E-state index in [1.165, 1.54) is 7.11 Å². The van der Waals surface area contributed by atoms with Crippen LogP contribution < -0.4 is 0 Å². The molecule has 12 heavy (non-hydrogen) atoms. The number of methoxy groups -OCH3 is 1. The van der Waals surface area contributed by atoms with Gasteiger partial charge in [-0.2, -0.15) is 0 Å². The number of hydrogen-bond acceptors (Lipinski definition) is 3. The van der Waals surface area contributed by atoms with Gasteiger partial charge < -0.3 is 4.74 Å². The molecule has 0 aliphatic carbocycles. The number of ether oxygens (including phenoxy) is 1. The van der Waals surface area contributed by atoms with Crippen LogP contribution in [0.3, 0.4) is 0 Å². The van der Waals surface area contributed by atoms with Crippen LogP contribution in [0.4, 0.5) is 0 Å². The molecule has 3 heteroatoms. The van der Waals surface area contributed by atoms with Gasteiger partial charge in [0.25, 0.3) is 0 Å². The van der Waals surface area contributed by atoms with Gasteiger partial charge in [0.15, 0.2) is 0 Å². The predicted octanol–water partition coefficient (Wildman–Crippen LogP) is 0.922. The Bertz CT molecular complexity index is 220. The van der Waals surface area contributed by atoms with Gasteiger partial charge in [-0.1, -0.05) is 0 Å². The summed E-state index contributed by atoms with van der Waals surface area (Å²) in [7, 11) is 1.27. The summed E-state index contributed by atoms with van der Waals surface area (Å²) in [6, 6.07) is 0. The molecule has 0 bridgehead atoms. The summed E-state index contributed by atoms with van der Waals surface area (Å²) in [4.78, 5) is 21.5. The first-order chi connectivity index (χ1) is 5.70. The number of esters is 1. The van der Waals surface area contributed by atoms with E-state index in [1.807, 2.05) is 0 Å². The minimum absolute atomic E-state index is 0.121. The summed E-state index contributed by atoms with van der Waals surface area (Å²) < 4.78 is 4.33. The third-order valence-electron chi connectivity index (χ3n) is 1.27. The molecular formula is C9H12O3. The fourth-order valence-corrected chi connectivity index (χ4v) is 0.648. The van der Waals surface area contributed by atoms with Crippen molar-refractivity contribution in [3.05, 3.63) is 0 Å². The van der Waals surface area contributed by atoms with Crippen LogP contribution in [0.25, 0.3) is 0 Å². The molecule has 0 unspecified atom stereocenters. The highest BCUT2D eigenvalue weighted by Crippen LogP contribution is 1.95. The van der Waals surface area contributed by atoms with E-state index in [1.54, 1.807) is 6.92 Å². The Morgan fingerprint density at radius 3 is 2.58 bits per heavy atom. The van der Waals surface area contributed by atoms with Crippen molar-refractivity contribution in [2.75, 3.05) is 7.11 Å². The van der Waals surface area contributed by atoms with Crippen LogP contribution in [0.15, 0.2) is 0 Å². The number of Topliss-reactive ketones (excluding diaryl/α,β-unsaturated/α-hetero) is 1. The predicted molar refractivity (Wildman–Crippen MR) is 44.3 cm³/mol. The topological polar surface area (TPSA) is 43.4 Å². The molecule has 0 amide bonds. The summed E-state index contributed by atoms with van der Waals surface area (Å²) in [6.07, 6.45) is 0.712. The van der Waals surface area contributed by atoms with Crippen LogP contribution in [0.2, 0.25) is 0 Å². The molecule has 0 aromatic carbocycles. The Hall–Kier alpha value is -1.30. The van der Waals surface area contributed by atoms with E-state index < -0.39 is 5.97 Å². The van der Waals surface area contributed by atoms with Crippen molar-refractivity contribution in [3.8, 4) is 11.8 Å². The lowest BCUT2D eigenvalue weighted by molar-refractivity contribution is -0.143. The first-order valence-electron chi connectivity index (χ1n) is 3.68. The van der Waals surface area contributed by atoms with Crippen molar-refractivity contribution >= 4 is 11.8 Å². The summed E-state index contributed by atoms with van der Waals surface area (Å²) in [6.45, 7) is 1.71. The first-order valence-corrected chi connectivity index (χ1v) is 3.68. The van der Waals surface area contributed by atoms with E-state index in [2.05, 4.69) is 16.6 Å². The van der Waals surface area contributed by atoms with Gasteiger partial charge in [0, 0.05) is 12.8 Å². The van der Waals surface area contributed by atoms with Crippen LogP contribution in [-0.4, -0.2) is 18.9 Å². The number of carbonyl (C=O) groups excluding carboxylic acids is 2. The van der Waals surface area contributed by atoms with Crippen molar-refractivity contribution in [1.29, 1.82) is 0 Å². The van der Waals surface area contributed by atoms with Crippen molar-refractivity contribution < 1.29 is 14.3 Å². The second-order valence-electron chi connectivity index (χ2n) is 2.22. The molecule has 0 radical (unpaired) electrons. The van der Waals surface area contributed by atoms with E-state index in [9.17, 15) is 9.59 Å². The highest BCUT2D eigenvalue weighted by molar-refractivity contribution is 5.95. The molecule has 0 saturated heterocycles. The molecule has 0 rings (SSSR count). The third kappa shape index (κ3) is 5.48. The second kappa shape index (κ2) is 6.41. The Morgan fingerprint density at radius 2 is 2.08 bits per heavy atom. The maximum Gasteiger partial charge on any atom is 0.313 e. The van der Waals surface area contributed by atoms with Crippen molar-refractivity contribution in [2.45, 2.75) is 26.2 Å². The van der Waals surface area contributed by atoms with Crippen LogP contribution in [0.5, 0.6) is 0 Å². The molecule has 0 aromatic heterocycles. The molecule has 0 aromatic rings. The zero-order valence-corrected chi connectivity index (χ0v) is 7.35. The lowest BCUT2D eigenvalue weighted by Crippen LogP contribution is -2.08. The minimum Gasteiger partial charge on any atom is -0.469 e. The average Bonchev–Trinajstić information content (AvgIpc) is 2.05. The second-order valence-corrected chi connectivity index (χ2v) is 2.22. The molecule has 0 saturated carbocycles. The molecule has 0 aliphatic heterocycles. The standard InChI is InChI=1S/C9H12O3/c1-3-4-5-6-8(10)7-9(11)12-2/h5-7H2,1-2H3. The van der Waals surface area contributed by atoms with E-state index >= 15 is 0 Å². The number of hydrogen-bond donors (Lipinski definition) is 0. The molecule has 0 aliphatic rings. The highest BCUT2D eigenvalue weighted by atomic mass is 16.5. The largest absolute Gasteiger partial charge is 0.469 e. The van der Waals surface area contributed by atoms with Gasteiger partial charge in [0.2, 0.25) is 0 Å². The maximum atomic E-state index is 10.9. The Balaban J connectivity index is 3.57. The molecule has 0 spiro atoms.